The molecule has 0 amide bonds. The molecule has 0 saturated heterocycles. The van der Waals surface area contributed by atoms with Gasteiger partial charge in [0.05, 0.1) is 12.7 Å². The lowest BCUT2D eigenvalue weighted by atomic mass is 9.91. The number of hydrogen-bond donors (Lipinski definition) is 0. The molecule has 1 aliphatic rings. The van der Waals surface area contributed by atoms with Gasteiger partial charge in [0.2, 0.25) is 0 Å². The minimum Gasteiger partial charge on any atom is -0.496 e. The maximum Gasteiger partial charge on any atom is 0.196 e. The minimum absolute atomic E-state index is 0.0263. The van der Waals surface area contributed by atoms with Gasteiger partial charge in [-0.2, -0.15) is 0 Å². The quantitative estimate of drug-likeness (QED) is 0.362. The molecule has 0 spiro atoms. The lowest BCUT2D eigenvalue weighted by Crippen LogP contribution is -2.08. The molecule has 0 N–H and O–H groups in total. The van der Waals surface area contributed by atoms with Gasteiger partial charge in [-0.3, -0.25) is 4.79 Å². The molecule has 3 aromatic rings. The average Bonchev–Trinajstić information content (AvgIpc) is 3.38. The Kier molecular flexibility index (Phi) is 6.14. The summed E-state index contributed by atoms with van der Waals surface area (Å²) in [6.45, 7) is 3.90. The van der Waals surface area contributed by atoms with Crippen LogP contribution in [-0.4, -0.2) is 12.9 Å². The van der Waals surface area contributed by atoms with Crippen LogP contribution in [0.1, 0.15) is 75.7 Å². The Morgan fingerprint density at radius 3 is 2.47 bits per heavy atom. The van der Waals surface area contributed by atoms with Gasteiger partial charge in [-0.05, 0) is 74.1 Å². The van der Waals surface area contributed by atoms with Crippen LogP contribution in [0.2, 0.25) is 0 Å². The van der Waals surface area contributed by atoms with Crippen molar-refractivity contribution in [1.82, 2.24) is 0 Å². The maximum atomic E-state index is 13.6. The highest BCUT2D eigenvalue weighted by Crippen LogP contribution is 2.39. The predicted octanol–water partition coefficient (Wildman–Crippen LogP) is 7.15. The lowest BCUT2D eigenvalue weighted by Gasteiger charge is -2.16. The van der Waals surface area contributed by atoms with E-state index in [1.807, 2.05) is 44.2 Å². The van der Waals surface area contributed by atoms with Crippen molar-refractivity contribution in [2.24, 2.45) is 0 Å². The second-order valence-corrected chi connectivity index (χ2v) is 9.07. The zero-order chi connectivity index (χ0) is 21.3. The maximum absolute atomic E-state index is 13.6. The summed E-state index contributed by atoms with van der Waals surface area (Å²) in [6, 6.07) is 14.0. The summed E-state index contributed by atoms with van der Waals surface area (Å²) in [5, 5.41) is 0. The molecule has 3 nitrogen and oxygen atoms in total. The Labute approximate surface area is 186 Å². The van der Waals surface area contributed by atoms with Crippen molar-refractivity contribution >= 4 is 21.7 Å². The Morgan fingerprint density at radius 1 is 1.10 bits per heavy atom. The monoisotopic (exact) mass is 466 g/mol. The molecular formula is C26H27BrO3. The van der Waals surface area contributed by atoms with Gasteiger partial charge < -0.3 is 9.15 Å². The zero-order valence-electron chi connectivity index (χ0n) is 17.8. The number of carbonyl (C=O) groups excluding carboxylic acids is 1. The molecule has 1 fully saturated rings. The first kappa shape index (κ1) is 20.9. The largest absolute Gasteiger partial charge is 0.496 e. The van der Waals surface area contributed by atoms with Crippen LogP contribution >= 0.6 is 15.9 Å². The van der Waals surface area contributed by atoms with Crippen molar-refractivity contribution in [2.45, 2.75) is 51.9 Å². The number of rotatable bonds is 6. The van der Waals surface area contributed by atoms with E-state index in [-0.39, 0.29) is 5.78 Å². The van der Waals surface area contributed by atoms with Crippen molar-refractivity contribution in [1.29, 1.82) is 0 Å². The van der Waals surface area contributed by atoms with Crippen molar-refractivity contribution in [3.63, 3.8) is 0 Å². The summed E-state index contributed by atoms with van der Waals surface area (Å²) in [6.07, 6.45) is 5.39. The van der Waals surface area contributed by atoms with E-state index in [2.05, 4.69) is 28.1 Å². The van der Waals surface area contributed by atoms with Gasteiger partial charge in [0.1, 0.15) is 17.3 Å². The summed E-state index contributed by atoms with van der Waals surface area (Å²) in [5.41, 5.74) is 4.59. The number of carbonyl (C=O) groups is 1. The van der Waals surface area contributed by atoms with Crippen LogP contribution in [-0.2, 0) is 6.42 Å². The van der Waals surface area contributed by atoms with Gasteiger partial charge >= 0.3 is 0 Å². The van der Waals surface area contributed by atoms with E-state index in [1.54, 1.807) is 7.11 Å². The van der Waals surface area contributed by atoms with Crippen LogP contribution in [0.15, 0.2) is 51.4 Å². The SMILES string of the molecule is COc1ccc(C(=O)c2c(Cc3ccc(Br)cc3)oc(C)c2C)cc1C1CCCC1. The molecule has 2 aromatic carbocycles. The second-order valence-electron chi connectivity index (χ2n) is 8.15. The van der Waals surface area contributed by atoms with E-state index in [9.17, 15) is 4.79 Å². The number of aryl methyl sites for hydroxylation is 1. The molecule has 1 aliphatic carbocycles. The first-order valence-electron chi connectivity index (χ1n) is 10.5. The van der Waals surface area contributed by atoms with E-state index in [1.165, 1.54) is 12.8 Å². The zero-order valence-corrected chi connectivity index (χ0v) is 19.3. The Hall–Kier alpha value is -2.33. The number of hydrogen-bond acceptors (Lipinski definition) is 3. The van der Waals surface area contributed by atoms with Crippen molar-refractivity contribution in [3.05, 3.63) is 86.3 Å². The predicted molar refractivity (Wildman–Crippen MR) is 123 cm³/mol. The Balaban J connectivity index is 1.71. The molecule has 156 valence electrons. The summed E-state index contributed by atoms with van der Waals surface area (Å²) in [4.78, 5) is 13.6. The third-order valence-corrected chi connectivity index (χ3v) is 6.78. The summed E-state index contributed by atoms with van der Waals surface area (Å²) < 4.78 is 12.7. The Morgan fingerprint density at radius 2 is 1.80 bits per heavy atom. The number of methoxy groups -OCH3 is 1. The number of furan rings is 1. The molecule has 4 heteroatoms. The van der Waals surface area contributed by atoms with Crippen molar-refractivity contribution in [2.75, 3.05) is 7.11 Å². The standard InChI is InChI=1S/C26H27BrO3/c1-16-17(2)30-24(14-18-8-11-21(27)12-9-18)25(16)26(28)20-10-13-23(29-3)22(15-20)19-6-4-5-7-19/h8-13,15,19H,4-7,14H2,1-3H3. The fourth-order valence-electron chi connectivity index (χ4n) is 4.48. The first-order chi connectivity index (χ1) is 14.5. The molecule has 0 radical (unpaired) electrons. The van der Waals surface area contributed by atoms with E-state index in [0.717, 1.165) is 51.3 Å². The molecule has 0 unspecified atom stereocenters. The van der Waals surface area contributed by atoms with Crippen LogP contribution in [0.5, 0.6) is 5.75 Å². The molecule has 0 aliphatic heterocycles. The highest BCUT2D eigenvalue weighted by molar-refractivity contribution is 9.10. The highest BCUT2D eigenvalue weighted by Gasteiger charge is 2.26. The average molecular weight is 467 g/mol. The summed E-state index contributed by atoms with van der Waals surface area (Å²) in [5.74, 6) is 2.92. The first-order valence-corrected chi connectivity index (χ1v) is 11.3. The van der Waals surface area contributed by atoms with Gasteiger partial charge in [-0.25, -0.2) is 0 Å². The van der Waals surface area contributed by atoms with Crippen molar-refractivity contribution < 1.29 is 13.9 Å². The smallest absolute Gasteiger partial charge is 0.196 e. The minimum atomic E-state index is 0.0263. The van der Waals surface area contributed by atoms with Gasteiger partial charge in [0.15, 0.2) is 5.78 Å². The lowest BCUT2D eigenvalue weighted by molar-refractivity contribution is 0.103. The highest BCUT2D eigenvalue weighted by atomic mass is 79.9. The third kappa shape index (κ3) is 4.11. The topological polar surface area (TPSA) is 39.4 Å². The van der Waals surface area contributed by atoms with E-state index in [4.69, 9.17) is 9.15 Å². The van der Waals surface area contributed by atoms with Crippen LogP contribution in [0.25, 0.3) is 0 Å². The number of halogens is 1. The van der Waals surface area contributed by atoms with Gasteiger partial charge in [0, 0.05) is 22.0 Å². The summed E-state index contributed by atoms with van der Waals surface area (Å²) in [7, 11) is 1.70. The Bertz CT molecular complexity index is 1060. The van der Waals surface area contributed by atoms with Gasteiger partial charge in [-0.15, -0.1) is 0 Å². The fraction of sp³-hybridized carbons (Fsp3) is 0.346. The van der Waals surface area contributed by atoms with Gasteiger partial charge in [0.25, 0.3) is 0 Å². The normalized spacial score (nSPS) is 14.3. The number of ketones is 1. The van der Waals surface area contributed by atoms with E-state index >= 15 is 0 Å². The van der Waals surface area contributed by atoms with Gasteiger partial charge in [-0.1, -0.05) is 40.9 Å². The molecule has 1 heterocycles. The second kappa shape index (κ2) is 8.81. The van der Waals surface area contributed by atoms with Crippen LogP contribution in [0, 0.1) is 13.8 Å². The molecule has 0 atom stereocenters. The van der Waals surface area contributed by atoms with Crippen LogP contribution in [0.3, 0.4) is 0 Å². The third-order valence-electron chi connectivity index (χ3n) is 6.25. The van der Waals surface area contributed by atoms with Crippen LogP contribution in [0.4, 0.5) is 0 Å². The molecule has 1 aromatic heterocycles. The molecule has 1 saturated carbocycles. The van der Waals surface area contributed by atoms with E-state index in [0.29, 0.717) is 23.5 Å². The van der Waals surface area contributed by atoms with Crippen molar-refractivity contribution in [3.8, 4) is 5.75 Å². The molecule has 0 bridgehead atoms. The number of benzene rings is 2. The number of ether oxygens (including phenoxy) is 1. The molecule has 30 heavy (non-hydrogen) atoms. The van der Waals surface area contributed by atoms with E-state index < -0.39 is 0 Å². The molecule has 4 rings (SSSR count). The fourth-order valence-corrected chi connectivity index (χ4v) is 4.75. The summed E-state index contributed by atoms with van der Waals surface area (Å²) >= 11 is 3.47. The molecular weight excluding hydrogens is 440 g/mol. The van der Waals surface area contributed by atoms with Crippen LogP contribution < -0.4 is 4.74 Å².